The van der Waals surface area contributed by atoms with E-state index in [1.165, 1.54) is 17.0 Å². The number of aromatic carboxylic acids is 1. The van der Waals surface area contributed by atoms with Gasteiger partial charge in [0.1, 0.15) is 17.4 Å². The van der Waals surface area contributed by atoms with Crippen LogP contribution in [0.2, 0.25) is 0 Å². The number of thiophene rings is 1. The number of phenols is 1. The van der Waals surface area contributed by atoms with Gasteiger partial charge in [-0.25, -0.2) is 4.79 Å². The van der Waals surface area contributed by atoms with Crippen LogP contribution in [0.15, 0.2) is 30.5 Å². The highest BCUT2D eigenvalue weighted by Crippen LogP contribution is 2.33. The van der Waals surface area contributed by atoms with Crippen molar-refractivity contribution < 1.29 is 15.0 Å². The molecule has 5 nitrogen and oxygen atoms in total. The molecule has 0 bridgehead atoms. The van der Waals surface area contributed by atoms with Crippen molar-refractivity contribution in [1.29, 1.82) is 5.26 Å². The van der Waals surface area contributed by atoms with Crippen molar-refractivity contribution in [3.05, 3.63) is 46.5 Å². The van der Waals surface area contributed by atoms with Crippen molar-refractivity contribution in [1.82, 2.24) is 4.57 Å². The second-order valence-electron chi connectivity index (χ2n) is 4.81. The number of rotatable bonds is 3. The molecule has 0 fully saturated rings. The number of carboxylic acids is 1. The van der Waals surface area contributed by atoms with Gasteiger partial charge in [0.05, 0.1) is 15.8 Å². The lowest BCUT2D eigenvalue weighted by Gasteiger charge is -2.06. The number of aryl methyl sites for hydroxylation is 1. The van der Waals surface area contributed by atoms with E-state index >= 15 is 0 Å². The summed E-state index contributed by atoms with van der Waals surface area (Å²) in [7, 11) is 0. The molecule has 2 heterocycles. The summed E-state index contributed by atoms with van der Waals surface area (Å²) in [5.41, 5.74) is 1.93. The second-order valence-corrected chi connectivity index (χ2v) is 5.95. The number of carboxylic acid groups (broad SMARTS) is 1. The topological polar surface area (TPSA) is 86.2 Å². The minimum atomic E-state index is -1.18. The van der Waals surface area contributed by atoms with E-state index in [0.29, 0.717) is 11.3 Å². The van der Waals surface area contributed by atoms with Crippen molar-refractivity contribution in [2.75, 3.05) is 0 Å². The maximum Gasteiger partial charge on any atom is 0.339 e. The lowest BCUT2D eigenvalue weighted by molar-refractivity contribution is 0.0694. The van der Waals surface area contributed by atoms with Crippen LogP contribution in [-0.2, 0) is 6.42 Å². The van der Waals surface area contributed by atoms with Gasteiger partial charge in [0.25, 0.3) is 0 Å². The third kappa shape index (κ3) is 2.12. The van der Waals surface area contributed by atoms with Crippen molar-refractivity contribution in [3.63, 3.8) is 0 Å². The third-order valence-electron chi connectivity index (χ3n) is 3.48. The molecule has 6 heteroatoms. The Bertz CT molecular complexity index is 931. The monoisotopic (exact) mass is 312 g/mol. The first-order chi connectivity index (χ1) is 10.5. The molecule has 0 saturated heterocycles. The first-order valence-electron chi connectivity index (χ1n) is 6.65. The van der Waals surface area contributed by atoms with Gasteiger partial charge < -0.3 is 14.8 Å². The molecule has 3 aromatic rings. The number of hydrogen-bond acceptors (Lipinski definition) is 4. The van der Waals surface area contributed by atoms with E-state index < -0.39 is 5.97 Å². The molecule has 0 amide bonds. The fraction of sp³-hybridized carbons (Fsp3) is 0.125. The minimum absolute atomic E-state index is 0.146. The van der Waals surface area contributed by atoms with Gasteiger partial charge in [-0.3, -0.25) is 0 Å². The summed E-state index contributed by atoms with van der Waals surface area (Å²) < 4.78 is 2.70. The maximum atomic E-state index is 11.0. The highest BCUT2D eigenvalue weighted by molar-refractivity contribution is 7.19. The van der Waals surface area contributed by atoms with Crippen molar-refractivity contribution >= 4 is 27.5 Å². The van der Waals surface area contributed by atoms with Crippen LogP contribution in [0.5, 0.6) is 5.75 Å². The van der Waals surface area contributed by atoms with Crippen molar-refractivity contribution in [2.45, 2.75) is 13.3 Å². The summed E-state index contributed by atoms with van der Waals surface area (Å²) in [5, 5.41) is 28.1. The van der Waals surface area contributed by atoms with Gasteiger partial charge >= 0.3 is 5.97 Å². The average Bonchev–Trinajstić information content (AvgIpc) is 3.04. The fourth-order valence-corrected chi connectivity index (χ4v) is 3.43. The Morgan fingerprint density at radius 3 is 2.77 bits per heavy atom. The van der Waals surface area contributed by atoms with Crippen LogP contribution < -0.4 is 0 Å². The number of aromatic hydroxyl groups is 1. The summed E-state index contributed by atoms with van der Waals surface area (Å²) in [6.07, 6.45) is 2.59. The summed E-state index contributed by atoms with van der Waals surface area (Å²) in [4.78, 5) is 12.1. The molecule has 0 radical (unpaired) electrons. The molecule has 0 spiro atoms. The Balaban J connectivity index is 2.22. The Morgan fingerprint density at radius 2 is 2.18 bits per heavy atom. The van der Waals surface area contributed by atoms with E-state index in [9.17, 15) is 15.2 Å². The van der Waals surface area contributed by atoms with Gasteiger partial charge in [-0.1, -0.05) is 6.92 Å². The van der Waals surface area contributed by atoms with Crippen LogP contribution in [0.3, 0.4) is 0 Å². The number of benzene rings is 1. The fourth-order valence-electron chi connectivity index (χ4n) is 2.38. The van der Waals surface area contributed by atoms with E-state index in [-0.39, 0.29) is 11.3 Å². The van der Waals surface area contributed by atoms with E-state index in [1.807, 2.05) is 6.07 Å². The van der Waals surface area contributed by atoms with Crippen LogP contribution in [0.1, 0.15) is 27.7 Å². The Labute approximate surface area is 130 Å². The van der Waals surface area contributed by atoms with E-state index in [4.69, 9.17) is 5.11 Å². The first-order valence-corrected chi connectivity index (χ1v) is 7.47. The Kier molecular flexibility index (Phi) is 3.35. The highest BCUT2D eigenvalue weighted by Gasteiger charge is 2.15. The van der Waals surface area contributed by atoms with E-state index in [2.05, 4.69) is 13.0 Å². The lowest BCUT2D eigenvalue weighted by atomic mass is 10.2. The number of fused-ring (bicyclic) bond motifs is 1. The summed E-state index contributed by atoms with van der Waals surface area (Å²) in [6, 6.07) is 8.56. The van der Waals surface area contributed by atoms with E-state index in [0.717, 1.165) is 16.6 Å². The van der Waals surface area contributed by atoms with Gasteiger partial charge in [0.2, 0.25) is 0 Å². The van der Waals surface area contributed by atoms with Crippen LogP contribution in [-0.4, -0.2) is 20.7 Å². The van der Waals surface area contributed by atoms with Gasteiger partial charge in [-0.15, -0.1) is 11.3 Å². The first kappa shape index (κ1) is 14.2. The Morgan fingerprint density at radius 1 is 1.41 bits per heavy atom. The summed E-state index contributed by atoms with van der Waals surface area (Å²) in [5.74, 6) is -1.47. The quantitative estimate of drug-likeness (QED) is 0.774. The summed E-state index contributed by atoms with van der Waals surface area (Å²) >= 11 is 1.58. The molecule has 2 N–H and O–H groups in total. The smallest absolute Gasteiger partial charge is 0.339 e. The molecule has 1 aromatic carbocycles. The van der Waals surface area contributed by atoms with Gasteiger partial charge in [0, 0.05) is 22.8 Å². The van der Waals surface area contributed by atoms with Crippen LogP contribution >= 0.6 is 11.3 Å². The standard InChI is InChI=1S/C16H12N2O3S/c1-2-11-6-13-15(22-11)9(7-17)8-18(13)10-3-4-12(16(20)21)14(19)5-10/h3-6,8,19H,2H2,1H3,(H,20,21). The number of nitriles is 1. The molecule has 0 atom stereocenters. The number of carbonyl (C=O) groups is 1. The van der Waals surface area contributed by atoms with Crippen molar-refractivity contribution in [2.24, 2.45) is 0 Å². The third-order valence-corrected chi connectivity index (χ3v) is 4.79. The SMILES string of the molecule is CCc1cc2c(s1)c(C#N)cn2-c1ccc(C(=O)O)c(O)c1. The molecule has 0 aliphatic heterocycles. The molecule has 0 aliphatic rings. The van der Waals surface area contributed by atoms with Gasteiger partial charge in [-0.05, 0) is 24.6 Å². The molecule has 0 unspecified atom stereocenters. The molecule has 22 heavy (non-hydrogen) atoms. The van der Waals surface area contributed by atoms with Gasteiger partial charge in [0.15, 0.2) is 0 Å². The van der Waals surface area contributed by atoms with Gasteiger partial charge in [-0.2, -0.15) is 5.26 Å². The zero-order valence-corrected chi connectivity index (χ0v) is 12.5. The average molecular weight is 312 g/mol. The number of aromatic nitrogens is 1. The predicted octanol–water partition coefficient (Wildman–Crippen LogP) is 3.53. The lowest BCUT2D eigenvalue weighted by Crippen LogP contribution is -1.98. The predicted molar refractivity (Wildman–Crippen MR) is 83.9 cm³/mol. The minimum Gasteiger partial charge on any atom is -0.507 e. The Hall–Kier alpha value is -2.78. The van der Waals surface area contributed by atoms with Crippen LogP contribution in [0, 0.1) is 11.3 Å². The maximum absolute atomic E-state index is 11.0. The van der Waals surface area contributed by atoms with Crippen LogP contribution in [0.4, 0.5) is 0 Å². The zero-order chi connectivity index (χ0) is 15.9. The molecule has 3 rings (SSSR count). The molecule has 2 aromatic heterocycles. The summed E-state index contributed by atoms with van der Waals surface area (Å²) in [6.45, 7) is 2.05. The van der Waals surface area contributed by atoms with Crippen LogP contribution in [0.25, 0.3) is 15.9 Å². The molecular weight excluding hydrogens is 300 g/mol. The zero-order valence-electron chi connectivity index (χ0n) is 11.7. The molecular formula is C16H12N2O3S. The molecule has 0 saturated carbocycles. The normalized spacial score (nSPS) is 10.7. The molecule has 110 valence electrons. The van der Waals surface area contributed by atoms with E-state index in [1.54, 1.807) is 28.2 Å². The second kappa shape index (κ2) is 5.20. The molecule has 0 aliphatic carbocycles. The van der Waals surface area contributed by atoms with Crippen molar-refractivity contribution in [3.8, 4) is 17.5 Å². The number of nitrogens with zero attached hydrogens (tertiary/aromatic N) is 2. The largest absolute Gasteiger partial charge is 0.507 e. The number of hydrogen-bond donors (Lipinski definition) is 2. The highest BCUT2D eigenvalue weighted by atomic mass is 32.1.